The van der Waals surface area contributed by atoms with Crippen LogP contribution in [0.1, 0.15) is 103 Å². The fourth-order valence-electron chi connectivity index (χ4n) is 4.24. The van der Waals surface area contributed by atoms with Gasteiger partial charge in [-0.3, -0.25) is 0 Å². The van der Waals surface area contributed by atoms with Gasteiger partial charge in [0.1, 0.15) is 20.4 Å². The molecule has 0 saturated heterocycles. The van der Waals surface area contributed by atoms with Crippen LogP contribution >= 0.6 is 0 Å². The minimum absolute atomic E-state index is 0.104. The molecular formula is C28H56O7. The molecule has 0 aliphatic carbocycles. The van der Waals surface area contributed by atoms with Crippen molar-refractivity contribution in [3.63, 3.8) is 0 Å². The molecular weight excluding hydrogens is 448 g/mol. The third-order valence-electron chi connectivity index (χ3n) is 6.29. The lowest BCUT2D eigenvalue weighted by Gasteiger charge is -2.30. The van der Waals surface area contributed by atoms with Crippen LogP contribution in [0.5, 0.6) is 0 Å². The fourth-order valence-corrected chi connectivity index (χ4v) is 4.24. The molecule has 0 aromatic heterocycles. The third-order valence-corrected chi connectivity index (χ3v) is 6.29. The van der Waals surface area contributed by atoms with Crippen LogP contribution in [-0.2, 0) is 28.4 Å². The minimum atomic E-state index is -0.591. The molecule has 0 bridgehead atoms. The molecule has 7 heteroatoms. The number of allylic oxidation sites excluding steroid dienone is 1. The lowest BCUT2D eigenvalue weighted by molar-refractivity contribution is -0.167. The predicted molar refractivity (Wildman–Crippen MR) is 141 cm³/mol. The molecule has 0 aromatic rings. The van der Waals surface area contributed by atoms with E-state index in [1.54, 1.807) is 21.3 Å². The lowest BCUT2D eigenvalue weighted by atomic mass is 9.97. The van der Waals surface area contributed by atoms with Crippen molar-refractivity contribution >= 4 is 0 Å². The summed E-state index contributed by atoms with van der Waals surface area (Å²) in [5, 5.41) is 10.6. The largest absolute Gasteiger partial charge is 0.390 e. The average Bonchev–Trinajstić information content (AvgIpc) is 2.87. The normalized spacial score (nSPS) is 15.1. The van der Waals surface area contributed by atoms with Gasteiger partial charge < -0.3 is 33.5 Å². The Labute approximate surface area is 215 Å². The number of unbranched alkanes of at least 4 members (excludes halogenated alkanes) is 9. The maximum absolute atomic E-state index is 10.6. The summed E-state index contributed by atoms with van der Waals surface area (Å²) in [6.07, 6.45) is 17.1. The number of aliphatic hydroxyl groups excluding tert-OH is 1. The van der Waals surface area contributed by atoms with Gasteiger partial charge in [-0.1, -0.05) is 77.2 Å². The molecule has 1 N–H and O–H groups in total. The van der Waals surface area contributed by atoms with Crippen LogP contribution in [0.15, 0.2) is 12.7 Å². The van der Waals surface area contributed by atoms with E-state index in [4.69, 9.17) is 28.4 Å². The average molecular weight is 505 g/mol. The Hall–Kier alpha value is -0.540. The van der Waals surface area contributed by atoms with E-state index in [1.165, 1.54) is 57.8 Å². The quantitative estimate of drug-likeness (QED) is 0.0753. The summed E-state index contributed by atoms with van der Waals surface area (Å²) in [6, 6.07) is 0. The van der Waals surface area contributed by atoms with Crippen LogP contribution in [0, 0.1) is 0 Å². The van der Waals surface area contributed by atoms with Gasteiger partial charge in [-0.2, -0.15) is 0 Å². The van der Waals surface area contributed by atoms with Crippen molar-refractivity contribution < 1.29 is 33.5 Å². The summed E-state index contributed by atoms with van der Waals surface area (Å²) in [7, 11) is 4.83. The minimum Gasteiger partial charge on any atom is -0.390 e. The molecule has 0 aliphatic heterocycles. The van der Waals surface area contributed by atoms with Gasteiger partial charge in [0.25, 0.3) is 0 Å². The van der Waals surface area contributed by atoms with Crippen molar-refractivity contribution in [3.05, 3.63) is 12.7 Å². The summed E-state index contributed by atoms with van der Waals surface area (Å²) in [5.41, 5.74) is 0. The van der Waals surface area contributed by atoms with Crippen molar-refractivity contribution in [2.24, 2.45) is 0 Å². The van der Waals surface area contributed by atoms with Crippen molar-refractivity contribution in [2.75, 3.05) is 41.7 Å². The molecule has 35 heavy (non-hydrogen) atoms. The molecule has 0 rings (SSSR count). The van der Waals surface area contributed by atoms with Crippen LogP contribution in [0.2, 0.25) is 0 Å². The zero-order valence-electron chi connectivity index (χ0n) is 23.2. The highest BCUT2D eigenvalue weighted by Crippen LogP contribution is 2.22. The Balaban J connectivity index is 4.72. The number of aliphatic hydroxyl groups is 1. The Bertz CT molecular complexity index is 436. The van der Waals surface area contributed by atoms with Gasteiger partial charge in [0, 0.05) is 21.3 Å². The first-order valence-electron chi connectivity index (χ1n) is 13.7. The van der Waals surface area contributed by atoms with Crippen molar-refractivity contribution in [1.82, 2.24) is 0 Å². The van der Waals surface area contributed by atoms with Crippen LogP contribution in [0.25, 0.3) is 0 Å². The van der Waals surface area contributed by atoms with Crippen molar-refractivity contribution in [2.45, 2.75) is 128 Å². The number of ether oxygens (including phenoxy) is 6. The highest BCUT2D eigenvalue weighted by Gasteiger charge is 2.27. The second-order valence-electron chi connectivity index (χ2n) is 9.32. The molecule has 4 atom stereocenters. The first kappa shape index (κ1) is 34.5. The zero-order valence-corrected chi connectivity index (χ0v) is 23.2. The SMILES string of the molecule is C=CCC[C@H](O)[C@H](CC[C@H](OCOC)[C@H](CCCCCCCCCCCC)OCOC)OCOC. The highest BCUT2D eigenvalue weighted by atomic mass is 16.7. The van der Waals surface area contributed by atoms with E-state index in [2.05, 4.69) is 13.5 Å². The Morgan fingerprint density at radius 1 is 0.600 bits per heavy atom. The molecule has 0 spiro atoms. The zero-order chi connectivity index (χ0) is 26.0. The van der Waals surface area contributed by atoms with E-state index in [9.17, 15) is 5.11 Å². The Morgan fingerprint density at radius 2 is 1.03 bits per heavy atom. The second-order valence-corrected chi connectivity index (χ2v) is 9.32. The highest BCUT2D eigenvalue weighted by molar-refractivity contribution is 4.78. The van der Waals surface area contributed by atoms with E-state index in [0.29, 0.717) is 19.3 Å². The molecule has 0 fully saturated rings. The van der Waals surface area contributed by atoms with E-state index in [-0.39, 0.29) is 38.7 Å². The first-order chi connectivity index (χ1) is 17.1. The van der Waals surface area contributed by atoms with E-state index < -0.39 is 6.10 Å². The van der Waals surface area contributed by atoms with E-state index in [1.807, 2.05) is 6.08 Å². The van der Waals surface area contributed by atoms with Crippen LogP contribution in [0.4, 0.5) is 0 Å². The predicted octanol–water partition coefficient (Wildman–Crippen LogP) is 6.37. The number of rotatable bonds is 28. The van der Waals surface area contributed by atoms with Gasteiger partial charge in [0.05, 0.1) is 24.4 Å². The first-order valence-corrected chi connectivity index (χ1v) is 13.7. The van der Waals surface area contributed by atoms with Gasteiger partial charge in [0.2, 0.25) is 0 Å². The van der Waals surface area contributed by atoms with Gasteiger partial charge in [-0.15, -0.1) is 6.58 Å². The van der Waals surface area contributed by atoms with Crippen molar-refractivity contribution in [1.29, 1.82) is 0 Å². The molecule has 0 radical (unpaired) electrons. The summed E-state index contributed by atoms with van der Waals surface area (Å²) in [5.74, 6) is 0. The molecule has 0 saturated carbocycles. The van der Waals surface area contributed by atoms with Crippen LogP contribution in [0.3, 0.4) is 0 Å². The standard InChI is InChI=1S/C28H56O7/c1-6-8-10-11-12-13-14-15-16-17-19-27(34-23-31-4)28(35-24-32-5)21-20-26(33-22-30-3)25(29)18-9-7-2/h7,25-29H,2,6,8-24H2,1,3-5H3/t25-,26-,27-,28-/m0/s1. The molecule has 0 unspecified atom stereocenters. The summed E-state index contributed by atoms with van der Waals surface area (Å²) in [6.45, 7) is 6.56. The summed E-state index contributed by atoms with van der Waals surface area (Å²) < 4.78 is 33.3. The molecule has 0 heterocycles. The molecule has 210 valence electrons. The molecule has 0 aromatic carbocycles. The monoisotopic (exact) mass is 504 g/mol. The van der Waals surface area contributed by atoms with Gasteiger partial charge in [-0.05, 0) is 32.1 Å². The van der Waals surface area contributed by atoms with Gasteiger partial charge in [0.15, 0.2) is 0 Å². The van der Waals surface area contributed by atoms with Crippen molar-refractivity contribution in [3.8, 4) is 0 Å². The third kappa shape index (κ3) is 20.2. The summed E-state index contributed by atoms with van der Waals surface area (Å²) in [4.78, 5) is 0. The smallest absolute Gasteiger partial charge is 0.146 e. The molecule has 0 aliphatic rings. The molecule has 0 amide bonds. The number of hydrogen-bond donors (Lipinski definition) is 1. The molecule has 7 nitrogen and oxygen atoms in total. The van der Waals surface area contributed by atoms with Crippen LogP contribution < -0.4 is 0 Å². The summed E-state index contributed by atoms with van der Waals surface area (Å²) >= 11 is 0. The fraction of sp³-hybridized carbons (Fsp3) is 0.929. The second kappa shape index (κ2) is 26.5. The van der Waals surface area contributed by atoms with Gasteiger partial charge >= 0.3 is 0 Å². The maximum atomic E-state index is 10.6. The van der Waals surface area contributed by atoms with E-state index in [0.717, 1.165) is 19.3 Å². The van der Waals surface area contributed by atoms with Crippen LogP contribution in [-0.4, -0.2) is 71.2 Å². The topological polar surface area (TPSA) is 75.6 Å². The Morgan fingerprint density at radius 3 is 1.51 bits per heavy atom. The lowest BCUT2D eigenvalue weighted by Crippen LogP contribution is -2.36. The number of methoxy groups -OCH3 is 3. The maximum Gasteiger partial charge on any atom is 0.146 e. The van der Waals surface area contributed by atoms with Gasteiger partial charge in [-0.25, -0.2) is 0 Å². The Kier molecular flexibility index (Phi) is 26.1. The van der Waals surface area contributed by atoms with E-state index >= 15 is 0 Å². The number of hydrogen-bond acceptors (Lipinski definition) is 7.